The molecule has 5 saturated heterocycles. The van der Waals surface area contributed by atoms with Gasteiger partial charge in [-0.15, -0.1) is 0 Å². The van der Waals surface area contributed by atoms with E-state index in [1.807, 2.05) is 30.5 Å². The third kappa shape index (κ3) is 10.1. The fourth-order valence-corrected chi connectivity index (χ4v) is 15.1. The number of aromatic amines is 1. The molecule has 1 amide bonds. The Morgan fingerprint density at radius 2 is 1.65 bits per heavy atom. The van der Waals surface area contributed by atoms with Gasteiger partial charge in [0.05, 0.1) is 51.9 Å². The summed E-state index contributed by atoms with van der Waals surface area (Å²) < 4.78 is 67.5. The normalized spacial score (nSPS) is 25.1. The largest absolute Gasteiger partial charge is 0.491 e. The molecule has 5 aromatic rings. The minimum Gasteiger partial charge on any atom is -0.491 e. The minimum absolute atomic E-state index is 0.0290. The molecule has 3 N–H and O–H groups in total. The second kappa shape index (κ2) is 21.3. The van der Waals surface area contributed by atoms with Gasteiger partial charge in [-0.2, -0.15) is 4.98 Å². The zero-order valence-electron chi connectivity index (χ0n) is 45.0. The molecular formula is C58H71N9O11S. The Labute approximate surface area is 460 Å². The van der Waals surface area contributed by atoms with E-state index in [1.165, 1.54) is 11.6 Å². The molecule has 21 heteroatoms. The average molecular weight is 1100 g/mol. The number of nitrogens with zero attached hydrogens (tertiary/aromatic N) is 6. The van der Waals surface area contributed by atoms with Crippen LogP contribution in [0.15, 0.2) is 77.8 Å². The second-order valence-electron chi connectivity index (χ2n) is 23.3. The van der Waals surface area contributed by atoms with E-state index in [9.17, 15) is 23.3 Å². The molecule has 6 fully saturated rings. The van der Waals surface area contributed by atoms with Gasteiger partial charge in [0.15, 0.2) is 11.4 Å². The van der Waals surface area contributed by atoms with Crippen molar-refractivity contribution >= 4 is 55.4 Å². The number of hydrogen-bond acceptors (Lipinski definition) is 17. The van der Waals surface area contributed by atoms with Gasteiger partial charge in [0.1, 0.15) is 29.8 Å². The SMILES string of the molecule is CC(C)Oc1ccccc1[C@@H]1CN(C2CCOCC2)CCN1C1CC2(CCN(c3ccc(C(=O)NS(=O)(=O)c4cc5c(c([N+](=O)[O-])c4)N[C@H](C4CCOCC4)CO5)c(N4c5cc6cc[nH]c6nc5O[C@H]5COCC[C@@H]54)c3)CC2)C1. The standard InChI is InChI=1S/C58H71N9O11S/c1-36(2)77-51-6-4-3-5-43(51)50-33-64(39-12-24-74-25-13-39)20-21-65(50)41-31-58(32-41)15-18-63(19-16-58)40-7-8-44(47(28-40)66-46-14-26-75-35-53(46)78-57-49(66)27-38-9-17-59-55(38)61-57)56(68)62-79(71,72)42-29-48(67(69)70)54-52(30-42)76-34-45(60-54)37-10-22-73-23-11-37/h3-9,17,27-30,36-37,39,41,45-46,50,53,60H,10-16,18-26,31-35H2,1-2H3,(H,59,61)(H,62,68)/t45-,46-,50-,53-/m0/s1. The molecule has 2 aromatic heterocycles. The van der Waals surface area contributed by atoms with Crippen molar-refractivity contribution in [3.8, 4) is 17.4 Å². The first kappa shape index (κ1) is 52.2. The molecule has 1 spiro atoms. The number of sulfonamides is 1. The van der Waals surface area contributed by atoms with Crippen LogP contribution in [0, 0.1) is 21.4 Å². The van der Waals surface area contributed by atoms with E-state index in [2.05, 4.69) is 72.7 Å². The van der Waals surface area contributed by atoms with E-state index < -0.39 is 37.5 Å². The number of carbonyl (C=O) groups is 1. The molecule has 13 rings (SSSR count). The van der Waals surface area contributed by atoms with Crippen molar-refractivity contribution in [2.24, 2.45) is 11.3 Å². The summed E-state index contributed by atoms with van der Waals surface area (Å²) in [5.41, 5.74) is 3.91. The highest BCUT2D eigenvalue weighted by Gasteiger charge is 2.51. The van der Waals surface area contributed by atoms with Crippen molar-refractivity contribution in [2.75, 3.05) is 94.1 Å². The first-order valence-corrected chi connectivity index (χ1v) is 30.0. The Kier molecular flexibility index (Phi) is 14.1. The highest BCUT2D eigenvalue weighted by molar-refractivity contribution is 7.90. The summed E-state index contributed by atoms with van der Waals surface area (Å²) in [7, 11) is -4.71. The van der Waals surface area contributed by atoms with Crippen LogP contribution in [0.2, 0.25) is 0 Å². The number of hydrogen-bond donors (Lipinski definition) is 3. The molecule has 0 unspecified atom stereocenters. The predicted molar refractivity (Wildman–Crippen MR) is 296 cm³/mol. The smallest absolute Gasteiger partial charge is 0.297 e. The fourth-order valence-electron chi connectivity index (χ4n) is 14.1. The van der Waals surface area contributed by atoms with Crippen LogP contribution in [0.4, 0.5) is 28.4 Å². The van der Waals surface area contributed by atoms with Gasteiger partial charge in [-0.05, 0) is 119 Å². The molecule has 79 heavy (non-hydrogen) atoms. The van der Waals surface area contributed by atoms with E-state index in [4.69, 9.17) is 33.4 Å². The molecule has 1 aliphatic carbocycles. The zero-order valence-corrected chi connectivity index (χ0v) is 45.8. The van der Waals surface area contributed by atoms with Crippen LogP contribution in [0.25, 0.3) is 11.0 Å². The molecular weight excluding hydrogens is 1030 g/mol. The van der Waals surface area contributed by atoms with Gasteiger partial charge in [-0.1, -0.05) is 18.2 Å². The predicted octanol–water partition coefficient (Wildman–Crippen LogP) is 7.95. The first-order chi connectivity index (χ1) is 38.4. The highest BCUT2D eigenvalue weighted by Crippen LogP contribution is 2.54. The lowest BCUT2D eigenvalue weighted by Gasteiger charge is -2.59. The number of nitro benzene ring substituents is 1. The number of nitrogens with one attached hydrogen (secondary N) is 3. The fraction of sp³-hybridized carbons (Fsp3) is 0.552. The Hall–Kier alpha value is -6.23. The van der Waals surface area contributed by atoms with Crippen molar-refractivity contribution in [1.82, 2.24) is 24.5 Å². The van der Waals surface area contributed by atoms with Crippen LogP contribution >= 0.6 is 0 Å². The van der Waals surface area contributed by atoms with Crippen LogP contribution in [-0.2, 0) is 24.2 Å². The highest BCUT2D eigenvalue weighted by atomic mass is 32.2. The Bertz CT molecular complexity index is 3200. The Morgan fingerprint density at radius 3 is 2.43 bits per heavy atom. The van der Waals surface area contributed by atoms with Gasteiger partial charge in [0.2, 0.25) is 5.88 Å². The molecule has 420 valence electrons. The number of benzene rings is 3. The number of rotatable bonds is 12. The molecule has 8 aliphatic rings. The number of anilines is 4. The summed E-state index contributed by atoms with van der Waals surface area (Å²) in [6.45, 7) is 12.6. The van der Waals surface area contributed by atoms with E-state index in [0.29, 0.717) is 67.8 Å². The molecule has 20 nitrogen and oxygen atoms in total. The Balaban J connectivity index is 0.779. The number of aromatic nitrogens is 2. The number of nitro groups is 1. The number of carbonyl (C=O) groups excluding carboxylic acids is 1. The number of H-pyrrole nitrogens is 1. The van der Waals surface area contributed by atoms with Crippen LogP contribution in [0.5, 0.6) is 17.4 Å². The van der Waals surface area contributed by atoms with Gasteiger partial charge < -0.3 is 48.5 Å². The molecule has 1 saturated carbocycles. The lowest BCUT2D eigenvalue weighted by molar-refractivity contribution is -0.384. The van der Waals surface area contributed by atoms with Crippen LogP contribution in [0.3, 0.4) is 0 Å². The zero-order chi connectivity index (χ0) is 54.0. The topological polar surface area (TPSA) is 215 Å². The van der Waals surface area contributed by atoms with E-state index in [1.54, 1.807) is 6.07 Å². The molecule has 9 heterocycles. The summed E-state index contributed by atoms with van der Waals surface area (Å²) in [4.78, 5) is 44.4. The summed E-state index contributed by atoms with van der Waals surface area (Å²) >= 11 is 0. The summed E-state index contributed by atoms with van der Waals surface area (Å²) in [6, 6.07) is 21.1. The molecule has 7 aliphatic heterocycles. The van der Waals surface area contributed by atoms with Gasteiger partial charge >= 0.3 is 0 Å². The third-order valence-electron chi connectivity index (χ3n) is 18.3. The molecule has 3 aromatic carbocycles. The van der Waals surface area contributed by atoms with E-state index in [-0.39, 0.29) is 59.2 Å². The quantitative estimate of drug-likeness (QED) is 0.0798. The monoisotopic (exact) mass is 1100 g/mol. The number of fused-ring (bicyclic) bond motifs is 4. The van der Waals surface area contributed by atoms with Gasteiger partial charge in [0.25, 0.3) is 21.6 Å². The van der Waals surface area contributed by atoms with E-state index >= 15 is 0 Å². The van der Waals surface area contributed by atoms with Gasteiger partial charge in [-0.25, -0.2) is 13.1 Å². The minimum atomic E-state index is -4.71. The van der Waals surface area contributed by atoms with Crippen LogP contribution in [-0.4, -0.2) is 154 Å². The van der Waals surface area contributed by atoms with Crippen LogP contribution < -0.4 is 34.0 Å². The number of piperazine rings is 1. The summed E-state index contributed by atoms with van der Waals surface area (Å²) in [5.74, 6) is 0.642. The summed E-state index contributed by atoms with van der Waals surface area (Å²) in [6.07, 6.45) is 9.97. The van der Waals surface area contributed by atoms with Crippen molar-refractivity contribution in [2.45, 2.75) is 119 Å². The maximum absolute atomic E-state index is 14.9. The van der Waals surface area contributed by atoms with Crippen molar-refractivity contribution in [1.29, 1.82) is 0 Å². The van der Waals surface area contributed by atoms with Crippen molar-refractivity contribution in [3.05, 3.63) is 94.2 Å². The number of pyridine rings is 1. The maximum Gasteiger partial charge on any atom is 0.297 e. The lowest BCUT2D eigenvalue weighted by atomic mass is 9.59. The van der Waals surface area contributed by atoms with Gasteiger partial charge in [0, 0.05) is 113 Å². The van der Waals surface area contributed by atoms with Crippen LogP contribution in [0.1, 0.15) is 93.6 Å². The van der Waals surface area contributed by atoms with Crippen molar-refractivity contribution in [3.63, 3.8) is 0 Å². The van der Waals surface area contributed by atoms with E-state index in [0.717, 1.165) is 120 Å². The number of piperidine rings is 1. The molecule has 0 radical (unpaired) electrons. The Morgan fingerprint density at radius 1 is 0.873 bits per heavy atom. The third-order valence-corrected chi connectivity index (χ3v) is 19.6. The number of ether oxygens (including phenoxy) is 6. The number of para-hydroxylation sites is 1. The maximum atomic E-state index is 14.9. The van der Waals surface area contributed by atoms with Gasteiger partial charge in [-0.3, -0.25) is 24.7 Å². The molecule has 0 bridgehead atoms. The average Bonchev–Trinajstić information content (AvgIpc) is 4.13. The summed E-state index contributed by atoms with van der Waals surface area (Å²) in [5, 5.41) is 16.7. The second-order valence-corrected chi connectivity index (χ2v) is 24.9. The molecule has 4 atom stereocenters. The lowest BCUT2D eigenvalue weighted by Crippen LogP contribution is -2.61. The van der Waals surface area contributed by atoms with Crippen molar-refractivity contribution < 1.29 is 46.6 Å². The number of amides is 1. The first-order valence-electron chi connectivity index (χ1n) is 28.5.